The largest absolute Gasteiger partial charge is 0.479 e. The lowest BCUT2D eigenvalue weighted by atomic mass is 9.90. The standard InChI is InChI=1S/C10H13NO4/c1-15-9(14)10(11,8(12)13)7-5-3-2-4-6-7/h2-6,9,14H,11H2,1H3,(H,12,13). The molecule has 1 rings (SSSR count). The predicted molar refractivity (Wildman–Crippen MR) is 53.0 cm³/mol. The number of carboxylic acid groups (broad SMARTS) is 1. The van der Waals surface area contributed by atoms with Gasteiger partial charge in [0.1, 0.15) is 0 Å². The lowest BCUT2D eigenvalue weighted by Gasteiger charge is -2.29. The van der Waals surface area contributed by atoms with Crippen molar-refractivity contribution in [1.82, 2.24) is 0 Å². The Morgan fingerprint density at radius 1 is 1.47 bits per heavy atom. The zero-order valence-corrected chi connectivity index (χ0v) is 8.25. The molecule has 82 valence electrons. The van der Waals surface area contributed by atoms with Crippen LogP contribution in [0, 0.1) is 0 Å². The van der Waals surface area contributed by atoms with Gasteiger partial charge in [0.15, 0.2) is 11.8 Å². The van der Waals surface area contributed by atoms with Crippen LogP contribution in [0.2, 0.25) is 0 Å². The highest BCUT2D eigenvalue weighted by molar-refractivity contribution is 5.81. The minimum Gasteiger partial charge on any atom is -0.479 e. The van der Waals surface area contributed by atoms with E-state index in [-0.39, 0.29) is 5.56 Å². The number of aliphatic hydroxyl groups is 1. The molecule has 0 aliphatic rings. The van der Waals surface area contributed by atoms with Crippen LogP contribution in [0.25, 0.3) is 0 Å². The highest BCUT2D eigenvalue weighted by Gasteiger charge is 2.43. The number of aliphatic carboxylic acids is 1. The van der Waals surface area contributed by atoms with Gasteiger partial charge in [0.25, 0.3) is 0 Å². The lowest BCUT2D eigenvalue weighted by molar-refractivity contribution is -0.171. The Balaban J connectivity index is 3.19. The maximum atomic E-state index is 11.1. The molecule has 5 heteroatoms. The van der Waals surface area contributed by atoms with Crippen LogP contribution < -0.4 is 5.73 Å². The van der Waals surface area contributed by atoms with Crippen molar-refractivity contribution in [2.45, 2.75) is 11.8 Å². The van der Waals surface area contributed by atoms with E-state index in [9.17, 15) is 9.90 Å². The molecule has 1 aromatic rings. The minimum absolute atomic E-state index is 0.284. The maximum absolute atomic E-state index is 11.1. The zero-order valence-electron chi connectivity index (χ0n) is 8.25. The number of carboxylic acids is 1. The van der Waals surface area contributed by atoms with Crippen molar-refractivity contribution in [3.05, 3.63) is 35.9 Å². The third-order valence-corrected chi connectivity index (χ3v) is 2.22. The van der Waals surface area contributed by atoms with Gasteiger partial charge < -0.3 is 20.7 Å². The van der Waals surface area contributed by atoms with Gasteiger partial charge >= 0.3 is 5.97 Å². The summed E-state index contributed by atoms with van der Waals surface area (Å²) in [5.41, 5.74) is 3.98. The van der Waals surface area contributed by atoms with Crippen LogP contribution >= 0.6 is 0 Å². The third-order valence-electron chi connectivity index (χ3n) is 2.22. The summed E-state index contributed by atoms with van der Waals surface area (Å²) >= 11 is 0. The molecular formula is C10H13NO4. The summed E-state index contributed by atoms with van der Waals surface area (Å²) in [5.74, 6) is -1.34. The molecule has 15 heavy (non-hydrogen) atoms. The molecule has 5 nitrogen and oxygen atoms in total. The monoisotopic (exact) mass is 211 g/mol. The normalized spacial score (nSPS) is 16.7. The number of benzene rings is 1. The van der Waals surface area contributed by atoms with Crippen LogP contribution in [-0.2, 0) is 15.1 Å². The van der Waals surface area contributed by atoms with Gasteiger partial charge in [0.2, 0.25) is 0 Å². The summed E-state index contributed by atoms with van der Waals surface area (Å²) in [4.78, 5) is 11.1. The number of carbonyl (C=O) groups is 1. The second-order valence-corrected chi connectivity index (χ2v) is 3.13. The van der Waals surface area contributed by atoms with Gasteiger partial charge in [-0.05, 0) is 5.56 Å². The second kappa shape index (κ2) is 4.39. The van der Waals surface area contributed by atoms with Gasteiger partial charge in [0, 0.05) is 7.11 Å². The number of aliphatic hydroxyl groups excluding tert-OH is 1. The van der Waals surface area contributed by atoms with E-state index in [1.807, 2.05) is 0 Å². The van der Waals surface area contributed by atoms with E-state index >= 15 is 0 Å². The molecule has 0 aromatic heterocycles. The van der Waals surface area contributed by atoms with Gasteiger partial charge in [0.05, 0.1) is 0 Å². The highest BCUT2D eigenvalue weighted by atomic mass is 16.6. The first kappa shape index (κ1) is 11.6. The van der Waals surface area contributed by atoms with Gasteiger partial charge in [-0.25, -0.2) is 4.79 Å². The second-order valence-electron chi connectivity index (χ2n) is 3.13. The summed E-state index contributed by atoms with van der Waals surface area (Å²) in [6.45, 7) is 0. The van der Waals surface area contributed by atoms with Gasteiger partial charge in [-0.1, -0.05) is 30.3 Å². The third kappa shape index (κ3) is 1.99. The van der Waals surface area contributed by atoms with E-state index in [0.29, 0.717) is 0 Å². The van der Waals surface area contributed by atoms with Crippen molar-refractivity contribution < 1.29 is 19.7 Å². The molecule has 0 fully saturated rings. The fourth-order valence-corrected chi connectivity index (χ4v) is 1.27. The highest BCUT2D eigenvalue weighted by Crippen LogP contribution is 2.23. The van der Waals surface area contributed by atoms with Crippen LogP contribution in [-0.4, -0.2) is 29.6 Å². The first-order valence-corrected chi connectivity index (χ1v) is 4.32. The van der Waals surface area contributed by atoms with Gasteiger partial charge in [-0.2, -0.15) is 0 Å². The fourth-order valence-electron chi connectivity index (χ4n) is 1.27. The number of nitrogens with two attached hydrogens (primary N) is 1. The number of hydrogen-bond donors (Lipinski definition) is 3. The summed E-state index contributed by atoms with van der Waals surface area (Å²) in [5, 5.41) is 18.5. The van der Waals surface area contributed by atoms with E-state index < -0.39 is 17.8 Å². The first-order valence-electron chi connectivity index (χ1n) is 4.32. The Morgan fingerprint density at radius 3 is 2.40 bits per heavy atom. The summed E-state index contributed by atoms with van der Waals surface area (Å²) in [6.07, 6.45) is -1.60. The van der Waals surface area contributed by atoms with E-state index in [2.05, 4.69) is 4.74 Å². The average Bonchev–Trinajstić information content (AvgIpc) is 2.27. The molecule has 0 bridgehead atoms. The molecule has 0 aliphatic heterocycles. The SMILES string of the molecule is COC(O)C(N)(C(=O)O)c1ccccc1. The molecule has 0 aliphatic carbocycles. The Kier molecular flexibility index (Phi) is 3.41. The van der Waals surface area contributed by atoms with Crippen LogP contribution in [0.4, 0.5) is 0 Å². The lowest BCUT2D eigenvalue weighted by Crippen LogP contribution is -2.55. The number of rotatable bonds is 4. The molecule has 4 N–H and O–H groups in total. The molecule has 0 radical (unpaired) electrons. The number of hydrogen-bond acceptors (Lipinski definition) is 4. The Hall–Kier alpha value is -1.43. The number of ether oxygens (including phenoxy) is 1. The van der Waals surface area contributed by atoms with Crippen LogP contribution in [0.15, 0.2) is 30.3 Å². The van der Waals surface area contributed by atoms with Gasteiger partial charge in [-0.15, -0.1) is 0 Å². The van der Waals surface area contributed by atoms with Crippen LogP contribution in [0.3, 0.4) is 0 Å². The Morgan fingerprint density at radius 2 is 2.00 bits per heavy atom. The smallest absolute Gasteiger partial charge is 0.333 e. The topological polar surface area (TPSA) is 92.8 Å². The molecule has 0 saturated carbocycles. The Labute approximate surface area is 87.1 Å². The summed E-state index contributed by atoms with van der Waals surface area (Å²) in [7, 11) is 1.19. The minimum atomic E-state index is -1.95. The maximum Gasteiger partial charge on any atom is 0.333 e. The first-order chi connectivity index (χ1) is 7.03. The van der Waals surface area contributed by atoms with Crippen molar-refractivity contribution in [3.8, 4) is 0 Å². The fraction of sp³-hybridized carbons (Fsp3) is 0.300. The summed E-state index contributed by atoms with van der Waals surface area (Å²) in [6, 6.07) is 8.06. The molecular weight excluding hydrogens is 198 g/mol. The van der Waals surface area contributed by atoms with Crippen molar-refractivity contribution in [2.24, 2.45) is 5.73 Å². The molecule has 1 aromatic carbocycles. The molecule has 0 saturated heterocycles. The summed E-state index contributed by atoms with van der Waals surface area (Å²) < 4.78 is 4.58. The van der Waals surface area contributed by atoms with Crippen LogP contribution in [0.1, 0.15) is 5.56 Å². The van der Waals surface area contributed by atoms with E-state index in [4.69, 9.17) is 10.8 Å². The predicted octanol–water partition coefficient (Wildman–Crippen LogP) is -0.110. The van der Waals surface area contributed by atoms with E-state index in [1.54, 1.807) is 18.2 Å². The quantitative estimate of drug-likeness (QED) is 0.604. The zero-order chi connectivity index (χ0) is 11.5. The molecule has 2 unspecified atom stereocenters. The van der Waals surface area contributed by atoms with Crippen molar-refractivity contribution in [2.75, 3.05) is 7.11 Å². The molecule has 0 amide bonds. The molecule has 2 atom stereocenters. The Bertz CT molecular complexity index is 341. The average molecular weight is 211 g/mol. The van der Waals surface area contributed by atoms with Crippen LogP contribution in [0.5, 0.6) is 0 Å². The molecule has 0 spiro atoms. The van der Waals surface area contributed by atoms with E-state index in [1.165, 1.54) is 19.2 Å². The van der Waals surface area contributed by atoms with E-state index in [0.717, 1.165) is 0 Å². The van der Waals surface area contributed by atoms with Crippen molar-refractivity contribution in [3.63, 3.8) is 0 Å². The van der Waals surface area contributed by atoms with Crippen molar-refractivity contribution >= 4 is 5.97 Å². The van der Waals surface area contributed by atoms with Gasteiger partial charge in [-0.3, -0.25) is 0 Å². The number of methoxy groups -OCH3 is 1. The molecule has 0 heterocycles. The van der Waals surface area contributed by atoms with Crippen molar-refractivity contribution in [1.29, 1.82) is 0 Å².